The van der Waals surface area contributed by atoms with E-state index >= 15 is 0 Å². The molecule has 0 aliphatic rings. The Kier molecular flexibility index (Phi) is 4.72. The minimum Gasteiger partial charge on any atom is -0.396 e. The van der Waals surface area contributed by atoms with Crippen LogP contribution in [0.1, 0.15) is 18.1 Å². The quantitative estimate of drug-likeness (QED) is 0.570. The molecule has 0 spiro atoms. The SMILES string of the molecule is CCON=Cc1ccc(CCO)cc1. The van der Waals surface area contributed by atoms with Gasteiger partial charge in [-0.05, 0) is 24.5 Å². The van der Waals surface area contributed by atoms with E-state index in [1.165, 1.54) is 0 Å². The van der Waals surface area contributed by atoms with Crippen molar-refractivity contribution in [3.8, 4) is 0 Å². The summed E-state index contributed by atoms with van der Waals surface area (Å²) in [6.45, 7) is 2.66. The molecule has 0 radical (unpaired) electrons. The van der Waals surface area contributed by atoms with Crippen LogP contribution in [0.4, 0.5) is 0 Å². The standard InChI is InChI=1S/C11H15NO2/c1-2-14-12-9-11-5-3-10(4-6-11)7-8-13/h3-6,9,13H,2,7-8H2,1H3. The second kappa shape index (κ2) is 6.16. The van der Waals surface area contributed by atoms with E-state index in [9.17, 15) is 0 Å². The van der Waals surface area contributed by atoms with E-state index in [0.717, 1.165) is 11.1 Å². The Morgan fingerprint density at radius 2 is 2.07 bits per heavy atom. The second-order valence-electron chi connectivity index (χ2n) is 2.87. The van der Waals surface area contributed by atoms with Crippen molar-refractivity contribution in [2.24, 2.45) is 5.16 Å². The molecule has 0 bridgehead atoms. The first kappa shape index (κ1) is 10.7. The summed E-state index contributed by atoms with van der Waals surface area (Å²) in [7, 11) is 0. The zero-order chi connectivity index (χ0) is 10.2. The van der Waals surface area contributed by atoms with Gasteiger partial charge in [0.05, 0.1) is 6.21 Å². The first-order valence-corrected chi connectivity index (χ1v) is 4.72. The van der Waals surface area contributed by atoms with E-state index in [1.54, 1.807) is 6.21 Å². The number of hydrogen-bond acceptors (Lipinski definition) is 3. The lowest BCUT2D eigenvalue weighted by Gasteiger charge is -1.98. The monoisotopic (exact) mass is 193 g/mol. The van der Waals surface area contributed by atoms with Crippen LogP contribution in [-0.4, -0.2) is 24.5 Å². The van der Waals surface area contributed by atoms with Gasteiger partial charge in [0.25, 0.3) is 0 Å². The van der Waals surface area contributed by atoms with Crippen LogP contribution >= 0.6 is 0 Å². The van der Waals surface area contributed by atoms with Crippen molar-refractivity contribution in [3.05, 3.63) is 35.4 Å². The van der Waals surface area contributed by atoms with Gasteiger partial charge in [-0.3, -0.25) is 0 Å². The summed E-state index contributed by atoms with van der Waals surface area (Å²) in [6.07, 6.45) is 2.37. The summed E-state index contributed by atoms with van der Waals surface area (Å²) in [5, 5.41) is 12.5. The lowest BCUT2D eigenvalue weighted by atomic mass is 10.1. The maximum atomic E-state index is 8.72. The molecule has 0 saturated heterocycles. The summed E-state index contributed by atoms with van der Waals surface area (Å²) < 4.78 is 0. The van der Waals surface area contributed by atoms with Gasteiger partial charge in [0.2, 0.25) is 0 Å². The van der Waals surface area contributed by atoms with Gasteiger partial charge < -0.3 is 9.94 Å². The molecule has 0 heterocycles. The Morgan fingerprint density at radius 3 is 2.64 bits per heavy atom. The molecule has 1 rings (SSSR count). The normalized spacial score (nSPS) is 10.7. The number of nitrogens with zero attached hydrogens (tertiary/aromatic N) is 1. The third-order valence-corrected chi connectivity index (χ3v) is 1.79. The van der Waals surface area contributed by atoms with Gasteiger partial charge >= 0.3 is 0 Å². The zero-order valence-corrected chi connectivity index (χ0v) is 8.31. The molecule has 3 nitrogen and oxygen atoms in total. The first-order chi connectivity index (χ1) is 6.86. The number of rotatable bonds is 5. The topological polar surface area (TPSA) is 41.8 Å². The average molecular weight is 193 g/mol. The van der Waals surface area contributed by atoms with Crippen molar-refractivity contribution in [1.82, 2.24) is 0 Å². The maximum Gasteiger partial charge on any atom is 0.114 e. The molecule has 1 aromatic rings. The molecule has 1 aromatic carbocycles. The van der Waals surface area contributed by atoms with E-state index in [1.807, 2.05) is 31.2 Å². The van der Waals surface area contributed by atoms with Crippen molar-refractivity contribution in [2.45, 2.75) is 13.3 Å². The van der Waals surface area contributed by atoms with E-state index in [-0.39, 0.29) is 6.61 Å². The van der Waals surface area contributed by atoms with Crippen molar-refractivity contribution >= 4 is 6.21 Å². The molecule has 3 heteroatoms. The summed E-state index contributed by atoms with van der Waals surface area (Å²) in [6, 6.07) is 7.86. The Hall–Kier alpha value is -1.35. The minimum atomic E-state index is 0.187. The molecule has 0 aliphatic carbocycles. The molecule has 0 saturated carbocycles. The summed E-state index contributed by atoms with van der Waals surface area (Å²) in [5.74, 6) is 0. The van der Waals surface area contributed by atoms with Crippen LogP contribution in [0, 0.1) is 0 Å². The molecule has 0 aliphatic heterocycles. The predicted octanol–water partition coefficient (Wildman–Crippen LogP) is 1.59. The van der Waals surface area contributed by atoms with Crippen molar-refractivity contribution in [1.29, 1.82) is 0 Å². The first-order valence-electron chi connectivity index (χ1n) is 4.72. The fourth-order valence-electron chi connectivity index (χ4n) is 1.07. The molecule has 0 fully saturated rings. The molecule has 76 valence electrons. The lowest BCUT2D eigenvalue weighted by Crippen LogP contribution is -1.91. The van der Waals surface area contributed by atoms with Crippen molar-refractivity contribution in [2.75, 3.05) is 13.2 Å². The van der Waals surface area contributed by atoms with Crippen LogP contribution in [0.15, 0.2) is 29.4 Å². The third kappa shape index (κ3) is 3.58. The van der Waals surface area contributed by atoms with E-state index < -0.39 is 0 Å². The number of oxime groups is 1. The van der Waals surface area contributed by atoms with Crippen molar-refractivity contribution in [3.63, 3.8) is 0 Å². The van der Waals surface area contributed by atoms with Crippen molar-refractivity contribution < 1.29 is 9.94 Å². The highest BCUT2D eigenvalue weighted by Crippen LogP contribution is 2.03. The fraction of sp³-hybridized carbons (Fsp3) is 0.364. The fourth-order valence-corrected chi connectivity index (χ4v) is 1.07. The van der Waals surface area contributed by atoms with Gasteiger partial charge in [-0.2, -0.15) is 0 Å². The van der Waals surface area contributed by atoms with E-state index in [0.29, 0.717) is 13.0 Å². The molecule has 0 amide bonds. The van der Waals surface area contributed by atoms with Crippen LogP contribution < -0.4 is 0 Å². The Balaban J connectivity index is 2.54. The molecule has 0 unspecified atom stereocenters. The van der Waals surface area contributed by atoms with Crippen LogP contribution in [-0.2, 0) is 11.3 Å². The number of aliphatic hydroxyl groups is 1. The molecule has 1 N–H and O–H groups in total. The molecular weight excluding hydrogens is 178 g/mol. The summed E-state index contributed by atoms with van der Waals surface area (Å²) in [5.41, 5.74) is 2.13. The number of aliphatic hydroxyl groups excluding tert-OH is 1. The minimum absolute atomic E-state index is 0.187. The number of hydrogen-bond donors (Lipinski definition) is 1. The average Bonchev–Trinajstić information content (AvgIpc) is 2.21. The highest BCUT2D eigenvalue weighted by Gasteiger charge is 1.91. The molecule has 0 atom stereocenters. The maximum absolute atomic E-state index is 8.72. The molecule has 0 aromatic heterocycles. The Bertz CT molecular complexity index is 280. The van der Waals surface area contributed by atoms with E-state index in [2.05, 4.69) is 5.16 Å². The van der Waals surface area contributed by atoms with Crippen LogP contribution in [0.5, 0.6) is 0 Å². The van der Waals surface area contributed by atoms with Gasteiger partial charge in [-0.25, -0.2) is 0 Å². The predicted molar refractivity (Wildman–Crippen MR) is 56.5 cm³/mol. The third-order valence-electron chi connectivity index (χ3n) is 1.79. The zero-order valence-electron chi connectivity index (χ0n) is 8.31. The largest absolute Gasteiger partial charge is 0.396 e. The number of benzene rings is 1. The molecular formula is C11H15NO2. The highest BCUT2D eigenvalue weighted by atomic mass is 16.6. The van der Waals surface area contributed by atoms with Crippen LogP contribution in [0.2, 0.25) is 0 Å². The van der Waals surface area contributed by atoms with Gasteiger partial charge in [0.15, 0.2) is 0 Å². The second-order valence-corrected chi connectivity index (χ2v) is 2.87. The van der Waals surface area contributed by atoms with Gasteiger partial charge in [-0.1, -0.05) is 29.4 Å². The van der Waals surface area contributed by atoms with Gasteiger partial charge in [0, 0.05) is 6.61 Å². The summed E-state index contributed by atoms with van der Waals surface area (Å²) in [4.78, 5) is 4.84. The van der Waals surface area contributed by atoms with Gasteiger partial charge in [-0.15, -0.1) is 0 Å². The Labute approximate surface area is 84.0 Å². The lowest BCUT2D eigenvalue weighted by molar-refractivity contribution is 0.160. The van der Waals surface area contributed by atoms with Gasteiger partial charge in [0.1, 0.15) is 6.61 Å². The Morgan fingerprint density at radius 1 is 1.36 bits per heavy atom. The highest BCUT2D eigenvalue weighted by molar-refractivity contribution is 5.79. The smallest absolute Gasteiger partial charge is 0.114 e. The van der Waals surface area contributed by atoms with Crippen LogP contribution in [0.3, 0.4) is 0 Å². The summed E-state index contributed by atoms with van der Waals surface area (Å²) >= 11 is 0. The molecule has 14 heavy (non-hydrogen) atoms. The van der Waals surface area contributed by atoms with Crippen LogP contribution in [0.25, 0.3) is 0 Å². The van der Waals surface area contributed by atoms with E-state index in [4.69, 9.17) is 9.94 Å².